The van der Waals surface area contributed by atoms with Gasteiger partial charge in [-0.3, -0.25) is 0 Å². The zero-order valence-corrected chi connectivity index (χ0v) is 14.4. The van der Waals surface area contributed by atoms with Gasteiger partial charge in [0, 0.05) is 5.56 Å². The number of rotatable bonds is 5. The van der Waals surface area contributed by atoms with E-state index in [1.54, 1.807) is 14.2 Å². The van der Waals surface area contributed by atoms with Crippen LogP contribution in [0.4, 0.5) is 0 Å². The first-order valence-electron chi connectivity index (χ1n) is 7.61. The van der Waals surface area contributed by atoms with Crippen LogP contribution < -0.4 is 14.0 Å². The third-order valence-electron chi connectivity index (χ3n) is 4.02. The fourth-order valence-electron chi connectivity index (χ4n) is 2.81. The van der Waals surface area contributed by atoms with E-state index >= 15 is 0 Å². The van der Waals surface area contributed by atoms with E-state index in [0.29, 0.717) is 22.8 Å². The lowest BCUT2D eigenvalue weighted by molar-refractivity contribution is -0.817. The Morgan fingerprint density at radius 1 is 1.35 bits per heavy atom. The van der Waals surface area contributed by atoms with Crippen LogP contribution in [-0.4, -0.2) is 30.1 Å². The molecule has 0 amide bonds. The van der Waals surface area contributed by atoms with Crippen LogP contribution in [0.1, 0.15) is 24.5 Å². The molecule has 2 aromatic rings. The SMILES string of the molecule is CCCc1cnc2[n+](c1)[C@](O)(c1cc(OC)ccc1OC)CS2. The number of aliphatic hydroxyl groups is 1. The van der Waals surface area contributed by atoms with E-state index in [1.165, 1.54) is 11.8 Å². The van der Waals surface area contributed by atoms with E-state index in [2.05, 4.69) is 11.9 Å². The van der Waals surface area contributed by atoms with Gasteiger partial charge in [-0.25, -0.2) is 0 Å². The van der Waals surface area contributed by atoms with E-state index in [9.17, 15) is 5.11 Å². The molecule has 5 nitrogen and oxygen atoms in total. The molecule has 0 aliphatic carbocycles. The highest BCUT2D eigenvalue weighted by atomic mass is 32.2. The Kier molecular flexibility index (Phi) is 4.46. The largest absolute Gasteiger partial charge is 0.497 e. The first-order chi connectivity index (χ1) is 11.1. The van der Waals surface area contributed by atoms with E-state index in [4.69, 9.17) is 9.47 Å². The van der Waals surface area contributed by atoms with Gasteiger partial charge in [0.1, 0.15) is 23.9 Å². The minimum Gasteiger partial charge on any atom is -0.497 e. The van der Waals surface area contributed by atoms with Gasteiger partial charge >= 0.3 is 5.16 Å². The quantitative estimate of drug-likeness (QED) is 0.671. The summed E-state index contributed by atoms with van der Waals surface area (Å²) in [7, 11) is 3.22. The highest BCUT2D eigenvalue weighted by Crippen LogP contribution is 2.38. The van der Waals surface area contributed by atoms with Gasteiger partial charge in [0.25, 0.3) is 5.72 Å². The van der Waals surface area contributed by atoms with Crippen LogP contribution in [0.25, 0.3) is 0 Å². The smallest absolute Gasteiger partial charge is 0.362 e. The van der Waals surface area contributed by atoms with Crippen LogP contribution in [0.15, 0.2) is 35.7 Å². The fourth-order valence-corrected chi connectivity index (χ4v) is 3.91. The summed E-state index contributed by atoms with van der Waals surface area (Å²) < 4.78 is 12.6. The van der Waals surface area contributed by atoms with Crippen molar-refractivity contribution < 1.29 is 19.1 Å². The average molecular weight is 333 g/mol. The second-order valence-corrected chi connectivity index (χ2v) is 6.48. The van der Waals surface area contributed by atoms with Crippen molar-refractivity contribution in [1.29, 1.82) is 0 Å². The molecule has 1 aliphatic rings. The number of aryl methyl sites for hydroxylation is 1. The van der Waals surface area contributed by atoms with Crippen LogP contribution in [0.5, 0.6) is 11.5 Å². The van der Waals surface area contributed by atoms with Crippen LogP contribution >= 0.6 is 11.8 Å². The van der Waals surface area contributed by atoms with Crippen molar-refractivity contribution in [1.82, 2.24) is 4.98 Å². The molecule has 0 saturated heterocycles. The van der Waals surface area contributed by atoms with Gasteiger partial charge in [0.05, 0.1) is 25.5 Å². The van der Waals surface area contributed by atoms with E-state index < -0.39 is 5.72 Å². The topological polar surface area (TPSA) is 55.5 Å². The first kappa shape index (κ1) is 16.1. The molecule has 0 unspecified atom stereocenters. The van der Waals surface area contributed by atoms with Gasteiger partial charge in [-0.1, -0.05) is 13.3 Å². The Labute approximate surface area is 140 Å². The van der Waals surface area contributed by atoms with E-state index in [0.717, 1.165) is 23.6 Å². The molecule has 122 valence electrons. The molecule has 1 N–H and O–H groups in total. The van der Waals surface area contributed by atoms with E-state index in [-0.39, 0.29) is 0 Å². The second-order valence-electron chi connectivity index (χ2n) is 5.54. The molecule has 2 heterocycles. The normalized spacial score (nSPS) is 19.5. The van der Waals surface area contributed by atoms with Crippen molar-refractivity contribution in [2.75, 3.05) is 20.0 Å². The summed E-state index contributed by atoms with van der Waals surface area (Å²) in [5.74, 6) is 1.81. The maximum Gasteiger partial charge on any atom is 0.362 e. The Hall–Kier alpha value is -1.79. The molecular formula is C17H21N2O3S+. The van der Waals surface area contributed by atoms with Gasteiger partial charge in [0.15, 0.2) is 0 Å². The summed E-state index contributed by atoms with van der Waals surface area (Å²) in [6.07, 6.45) is 5.85. The minimum absolute atomic E-state index is 0.485. The van der Waals surface area contributed by atoms with Crippen molar-refractivity contribution in [2.45, 2.75) is 30.6 Å². The molecule has 0 saturated carbocycles. The second kappa shape index (κ2) is 6.37. The Balaban J connectivity index is 2.13. The van der Waals surface area contributed by atoms with Crippen molar-refractivity contribution >= 4 is 11.8 Å². The molecule has 0 spiro atoms. The number of fused-ring (bicyclic) bond motifs is 1. The molecule has 0 fully saturated rings. The molecular weight excluding hydrogens is 312 g/mol. The highest BCUT2D eigenvalue weighted by Gasteiger charge is 2.48. The lowest BCUT2D eigenvalue weighted by Crippen LogP contribution is -2.56. The number of aromatic nitrogens is 2. The number of benzene rings is 1. The third-order valence-corrected chi connectivity index (χ3v) is 5.13. The van der Waals surface area contributed by atoms with Crippen LogP contribution in [0.2, 0.25) is 0 Å². The van der Waals surface area contributed by atoms with Crippen LogP contribution in [0.3, 0.4) is 0 Å². The van der Waals surface area contributed by atoms with Gasteiger partial charge in [-0.05, 0) is 41.4 Å². The molecule has 1 aliphatic heterocycles. The maximum absolute atomic E-state index is 11.4. The number of hydrogen-bond donors (Lipinski definition) is 1. The summed E-state index contributed by atoms with van der Waals surface area (Å²) in [5, 5.41) is 12.2. The highest BCUT2D eigenvalue weighted by molar-refractivity contribution is 7.99. The van der Waals surface area contributed by atoms with E-state index in [1.807, 2.05) is 35.2 Å². The third kappa shape index (κ3) is 2.77. The summed E-state index contributed by atoms with van der Waals surface area (Å²) in [4.78, 5) is 4.49. The summed E-state index contributed by atoms with van der Waals surface area (Å²) in [6, 6.07) is 5.47. The Morgan fingerprint density at radius 2 is 2.17 bits per heavy atom. The standard InChI is InChI=1S/C17H21N2O3S/c1-4-5-12-9-18-16-19(10-12)17(20,11-23-16)14-8-13(21-2)6-7-15(14)22-3/h6-10,20H,4-5,11H2,1-3H3/q+1/t17-/m1/s1. The fraction of sp³-hybridized carbons (Fsp3) is 0.412. The molecule has 6 heteroatoms. The maximum atomic E-state index is 11.4. The number of nitrogens with zero attached hydrogens (tertiary/aromatic N) is 2. The number of ether oxygens (including phenoxy) is 2. The van der Waals surface area contributed by atoms with Gasteiger partial charge in [-0.2, -0.15) is 4.57 Å². The van der Waals surface area contributed by atoms with Crippen LogP contribution in [0, 0.1) is 0 Å². The molecule has 1 atom stereocenters. The van der Waals surface area contributed by atoms with Gasteiger partial charge in [-0.15, -0.1) is 0 Å². The zero-order chi connectivity index (χ0) is 16.4. The number of thioether (sulfide) groups is 1. The summed E-state index contributed by atoms with van der Waals surface area (Å²) >= 11 is 1.53. The molecule has 3 rings (SSSR count). The number of hydrogen-bond acceptors (Lipinski definition) is 5. The van der Waals surface area contributed by atoms with Crippen molar-refractivity contribution in [3.05, 3.63) is 41.7 Å². The predicted octanol–water partition coefficient (Wildman–Crippen LogP) is 2.14. The molecule has 0 radical (unpaired) electrons. The predicted molar refractivity (Wildman–Crippen MR) is 88.0 cm³/mol. The Bertz CT molecular complexity index is 723. The summed E-state index contributed by atoms with van der Waals surface area (Å²) in [6.45, 7) is 2.13. The number of methoxy groups -OCH3 is 2. The minimum atomic E-state index is -1.20. The molecule has 0 bridgehead atoms. The lowest BCUT2D eigenvalue weighted by atomic mass is 10.0. The lowest BCUT2D eigenvalue weighted by Gasteiger charge is -2.23. The van der Waals surface area contributed by atoms with Crippen molar-refractivity contribution in [3.8, 4) is 11.5 Å². The van der Waals surface area contributed by atoms with Crippen molar-refractivity contribution in [3.63, 3.8) is 0 Å². The molecule has 1 aromatic carbocycles. The molecule has 23 heavy (non-hydrogen) atoms. The van der Waals surface area contributed by atoms with Gasteiger partial charge < -0.3 is 14.6 Å². The summed E-state index contributed by atoms with van der Waals surface area (Å²) in [5.41, 5.74) is 0.599. The van der Waals surface area contributed by atoms with Crippen molar-refractivity contribution in [2.24, 2.45) is 0 Å². The molecule has 1 aromatic heterocycles. The van der Waals surface area contributed by atoms with Gasteiger partial charge in [0.2, 0.25) is 0 Å². The zero-order valence-electron chi connectivity index (χ0n) is 13.6. The van der Waals surface area contributed by atoms with Crippen LogP contribution in [-0.2, 0) is 12.1 Å². The first-order valence-corrected chi connectivity index (χ1v) is 8.59. The average Bonchev–Trinajstić information content (AvgIpc) is 2.92. The Morgan fingerprint density at radius 3 is 2.87 bits per heavy atom. The monoisotopic (exact) mass is 333 g/mol.